The van der Waals surface area contributed by atoms with Gasteiger partial charge < -0.3 is 4.98 Å². The monoisotopic (exact) mass is 236 g/mol. The van der Waals surface area contributed by atoms with Gasteiger partial charge in [0.05, 0.1) is 11.6 Å². The zero-order valence-corrected chi connectivity index (χ0v) is 9.05. The van der Waals surface area contributed by atoms with E-state index in [4.69, 9.17) is 0 Å². The summed E-state index contributed by atoms with van der Waals surface area (Å²) in [6.07, 6.45) is 7.80. The van der Waals surface area contributed by atoms with Gasteiger partial charge in [-0.15, -0.1) is 0 Å². The molecule has 0 aromatic carbocycles. The van der Waals surface area contributed by atoms with E-state index in [0.717, 1.165) is 16.4 Å². The normalized spacial score (nSPS) is 11.3. The van der Waals surface area contributed by atoms with Gasteiger partial charge in [-0.05, 0) is 6.07 Å². The van der Waals surface area contributed by atoms with E-state index in [1.165, 1.54) is 0 Å². The number of rotatable bonds is 1. The molecule has 0 bridgehead atoms. The molecule has 0 fully saturated rings. The highest BCUT2D eigenvalue weighted by Gasteiger charge is 2.11. The van der Waals surface area contributed by atoms with Crippen molar-refractivity contribution >= 4 is 22.1 Å². The maximum absolute atomic E-state index is 4.42. The summed E-state index contributed by atoms with van der Waals surface area (Å²) in [7, 11) is 0. The molecule has 0 spiro atoms. The molecule has 4 heterocycles. The summed E-state index contributed by atoms with van der Waals surface area (Å²) in [5.74, 6) is 0.523. The Labute approximate surface area is 100 Å². The van der Waals surface area contributed by atoms with Gasteiger partial charge in [0.25, 0.3) is 0 Å². The van der Waals surface area contributed by atoms with Crippen LogP contribution in [-0.2, 0) is 0 Å². The van der Waals surface area contributed by atoms with E-state index in [1.807, 2.05) is 12.3 Å². The van der Waals surface area contributed by atoms with Gasteiger partial charge >= 0.3 is 0 Å². The molecule has 2 N–H and O–H groups in total. The Kier molecular flexibility index (Phi) is 1.71. The van der Waals surface area contributed by atoms with E-state index in [0.29, 0.717) is 17.2 Å². The lowest BCUT2D eigenvalue weighted by Gasteiger charge is -1.99. The topological polar surface area (TPSA) is 96.0 Å². The molecule has 0 atom stereocenters. The van der Waals surface area contributed by atoms with Crippen LogP contribution in [0.1, 0.15) is 0 Å². The van der Waals surface area contributed by atoms with Gasteiger partial charge in [0.15, 0.2) is 11.5 Å². The van der Waals surface area contributed by atoms with Crippen molar-refractivity contribution in [2.24, 2.45) is 0 Å². The molecule has 1 radical (unpaired) electrons. The first kappa shape index (κ1) is 9.23. The summed E-state index contributed by atoms with van der Waals surface area (Å²) in [6, 6.07) is 1.92. The molecule has 4 rings (SSSR count). The van der Waals surface area contributed by atoms with Crippen LogP contribution in [0.3, 0.4) is 0 Å². The molecule has 85 valence electrons. The third-order valence-corrected chi connectivity index (χ3v) is 2.71. The zero-order valence-electron chi connectivity index (χ0n) is 9.05. The number of nitrogens with zero attached hydrogens (tertiary/aromatic N) is 5. The Balaban J connectivity index is 2.03. The van der Waals surface area contributed by atoms with Crippen molar-refractivity contribution in [3.63, 3.8) is 0 Å². The SMILES string of the molecule is [c]1nc(-c2ncc3cc[nH]c3n2)c2cn[nH]c2n1. The van der Waals surface area contributed by atoms with Gasteiger partial charge in [0.2, 0.25) is 6.33 Å². The molecular formula is C11H6N7. The van der Waals surface area contributed by atoms with Gasteiger partial charge in [-0.3, -0.25) is 5.10 Å². The Morgan fingerprint density at radius 3 is 3.11 bits per heavy atom. The molecule has 18 heavy (non-hydrogen) atoms. The number of aromatic nitrogens is 7. The quantitative estimate of drug-likeness (QED) is 0.515. The van der Waals surface area contributed by atoms with Crippen molar-refractivity contribution in [1.82, 2.24) is 35.1 Å². The third-order valence-electron chi connectivity index (χ3n) is 2.71. The molecule has 0 saturated heterocycles. The largest absolute Gasteiger partial charge is 0.346 e. The Morgan fingerprint density at radius 2 is 2.11 bits per heavy atom. The van der Waals surface area contributed by atoms with Crippen molar-refractivity contribution in [3.05, 3.63) is 31.0 Å². The second-order valence-electron chi connectivity index (χ2n) is 3.78. The standard InChI is InChI=1S/C11H6N7/c1-2-12-9-6(1)3-13-11(17-9)8-7-4-16-18-10(7)15-5-14-8/h1-4H,(H,12,13,17)(H,14,15,16,18). The highest BCUT2D eigenvalue weighted by Crippen LogP contribution is 2.21. The zero-order chi connectivity index (χ0) is 11.9. The molecule has 4 aromatic heterocycles. The molecule has 0 aliphatic carbocycles. The van der Waals surface area contributed by atoms with E-state index in [9.17, 15) is 0 Å². The van der Waals surface area contributed by atoms with Crippen molar-refractivity contribution in [2.45, 2.75) is 0 Å². The van der Waals surface area contributed by atoms with Crippen LogP contribution in [0, 0.1) is 6.33 Å². The van der Waals surface area contributed by atoms with Gasteiger partial charge in [0.1, 0.15) is 11.3 Å². The summed E-state index contributed by atoms with van der Waals surface area (Å²) in [6.45, 7) is 0. The second-order valence-corrected chi connectivity index (χ2v) is 3.78. The van der Waals surface area contributed by atoms with E-state index in [-0.39, 0.29) is 0 Å². The molecule has 4 aromatic rings. The van der Waals surface area contributed by atoms with Gasteiger partial charge in [-0.2, -0.15) is 5.10 Å². The number of H-pyrrole nitrogens is 2. The third kappa shape index (κ3) is 1.21. The maximum Gasteiger partial charge on any atom is 0.200 e. The first-order valence-electron chi connectivity index (χ1n) is 5.29. The second kappa shape index (κ2) is 3.33. The van der Waals surface area contributed by atoms with Crippen molar-refractivity contribution < 1.29 is 0 Å². The minimum absolute atomic E-state index is 0.523. The van der Waals surface area contributed by atoms with Crippen LogP contribution in [0.2, 0.25) is 0 Å². The van der Waals surface area contributed by atoms with Crippen LogP contribution >= 0.6 is 0 Å². The number of hydrogen-bond acceptors (Lipinski definition) is 5. The summed E-state index contributed by atoms with van der Waals surface area (Å²) in [5, 5.41) is 8.43. The molecule has 0 saturated carbocycles. The molecule has 0 aliphatic rings. The van der Waals surface area contributed by atoms with Crippen molar-refractivity contribution in [1.29, 1.82) is 0 Å². The molecule has 0 amide bonds. The predicted octanol–water partition coefficient (Wildman–Crippen LogP) is 1.09. The molecular weight excluding hydrogens is 230 g/mol. The number of aromatic amines is 2. The van der Waals surface area contributed by atoms with E-state index < -0.39 is 0 Å². The fourth-order valence-corrected chi connectivity index (χ4v) is 1.85. The lowest BCUT2D eigenvalue weighted by atomic mass is 10.2. The molecule has 7 nitrogen and oxygen atoms in total. The average molecular weight is 236 g/mol. The molecule has 0 aliphatic heterocycles. The summed E-state index contributed by atoms with van der Waals surface area (Å²) in [4.78, 5) is 19.8. The minimum Gasteiger partial charge on any atom is -0.346 e. The lowest BCUT2D eigenvalue weighted by Crippen LogP contribution is -1.94. The fourth-order valence-electron chi connectivity index (χ4n) is 1.85. The van der Waals surface area contributed by atoms with Crippen molar-refractivity contribution in [2.75, 3.05) is 0 Å². The Morgan fingerprint density at radius 1 is 1.11 bits per heavy atom. The van der Waals surface area contributed by atoms with E-state index in [1.54, 1.807) is 12.4 Å². The first-order chi connectivity index (χ1) is 8.92. The molecule has 0 unspecified atom stereocenters. The van der Waals surface area contributed by atoms with Crippen LogP contribution < -0.4 is 0 Å². The summed E-state index contributed by atoms with van der Waals surface area (Å²) < 4.78 is 0. The van der Waals surface area contributed by atoms with Gasteiger partial charge in [-0.1, -0.05) is 0 Å². The summed E-state index contributed by atoms with van der Waals surface area (Å²) in [5.41, 5.74) is 2.01. The molecule has 7 heteroatoms. The lowest BCUT2D eigenvalue weighted by molar-refractivity contribution is 1.08. The van der Waals surface area contributed by atoms with Crippen LogP contribution in [0.25, 0.3) is 33.6 Å². The maximum atomic E-state index is 4.42. The fraction of sp³-hybridized carbons (Fsp3) is 0. The Hall–Kier alpha value is -2.83. The van der Waals surface area contributed by atoms with Gasteiger partial charge in [0, 0.05) is 17.8 Å². The highest BCUT2D eigenvalue weighted by atomic mass is 15.1. The smallest absolute Gasteiger partial charge is 0.200 e. The average Bonchev–Trinajstić information content (AvgIpc) is 3.05. The first-order valence-corrected chi connectivity index (χ1v) is 5.29. The van der Waals surface area contributed by atoms with E-state index in [2.05, 4.69) is 41.4 Å². The van der Waals surface area contributed by atoms with Crippen LogP contribution in [0.4, 0.5) is 0 Å². The van der Waals surface area contributed by atoms with E-state index >= 15 is 0 Å². The number of fused-ring (bicyclic) bond motifs is 2. The van der Waals surface area contributed by atoms with Crippen molar-refractivity contribution in [3.8, 4) is 11.5 Å². The van der Waals surface area contributed by atoms with Crippen LogP contribution in [0.5, 0.6) is 0 Å². The minimum atomic E-state index is 0.523. The predicted molar refractivity (Wildman–Crippen MR) is 63.4 cm³/mol. The highest BCUT2D eigenvalue weighted by molar-refractivity contribution is 5.88. The van der Waals surface area contributed by atoms with Crippen LogP contribution in [0.15, 0.2) is 24.7 Å². The number of nitrogens with one attached hydrogen (secondary N) is 2. The summed E-state index contributed by atoms with van der Waals surface area (Å²) >= 11 is 0. The number of hydrogen-bond donors (Lipinski definition) is 2. The van der Waals surface area contributed by atoms with Crippen LogP contribution in [-0.4, -0.2) is 35.1 Å². The van der Waals surface area contributed by atoms with Gasteiger partial charge in [-0.25, -0.2) is 19.9 Å². The Bertz CT molecular complexity index is 844.